The number of benzene rings is 1. The zero-order valence-corrected chi connectivity index (χ0v) is 15.9. The van der Waals surface area contributed by atoms with E-state index in [0.717, 1.165) is 17.5 Å². The average molecular weight is 407 g/mol. The lowest BCUT2D eigenvalue weighted by atomic mass is 10.2. The standard InChI is InChI=1S/C18H18FN3O5S/c1-28(24,25)26-11-14-9-22(18(23)27-14)13-4-5-17(15(19)7-13)21-8-12-3-2-6-20-16(12)10-21/h2-7,14H,8-11H2,1H3/t14-/m1/s1. The normalized spacial score (nSPS) is 19.1. The van der Waals surface area contributed by atoms with Crippen molar-refractivity contribution < 1.29 is 26.5 Å². The fourth-order valence-corrected chi connectivity index (χ4v) is 3.71. The lowest BCUT2D eigenvalue weighted by Crippen LogP contribution is -2.26. The lowest BCUT2D eigenvalue weighted by Gasteiger charge is -2.20. The molecule has 2 aliphatic rings. The van der Waals surface area contributed by atoms with E-state index in [2.05, 4.69) is 9.17 Å². The van der Waals surface area contributed by atoms with Gasteiger partial charge in [0.25, 0.3) is 10.1 Å². The van der Waals surface area contributed by atoms with Gasteiger partial charge in [0.15, 0.2) is 0 Å². The Kier molecular flexibility index (Phi) is 4.68. The van der Waals surface area contributed by atoms with Crippen LogP contribution in [0.4, 0.5) is 20.6 Å². The molecule has 3 heterocycles. The molecule has 0 unspecified atom stereocenters. The molecule has 0 spiro atoms. The van der Waals surface area contributed by atoms with Crippen molar-refractivity contribution in [3.63, 3.8) is 0 Å². The van der Waals surface area contributed by atoms with Crippen molar-refractivity contribution in [2.24, 2.45) is 0 Å². The summed E-state index contributed by atoms with van der Waals surface area (Å²) < 4.78 is 46.7. The monoisotopic (exact) mass is 407 g/mol. The van der Waals surface area contributed by atoms with Gasteiger partial charge in [-0.2, -0.15) is 8.42 Å². The van der Waals surface area contributed by atoms with Crippen molar-refractivity contribution in [2.45, 2.75) is 19.2 Å². The number of rotatable bonds is 5. The van der Waals surface area contributed by atoms with E-state index in [9.17, 15) is 17.6 Å². The Morgan fingerprint density at radius 2 is 2.14 bits per heavy atom. The van der Waals surface area contributed by atoms with Gasteiger partial charge in [0, 0.05) is 12.7 Å². The molecule has 8 nitrogen and oxygen atoms in total. The van der Waals surface area contributed by atoms with Gasteiger partial charge in [-0.05, 0) is 29.8 Å². The third-order valence-electron chi connectivity index (χ3n) is 4.61. The smallest absolute Gasteiger partial charge is 0.414 e. The first-order valence-corrected chi connectivity index (χ1v) is 10.4. The Bertz CT molecular complexity index is 1000. The van der Waals surface area contributed by atoms with Gasteiger partial charge < -0.3 is 9.64 Å². The first kappa shape index (κ1) is 18.6. The third kappa shape index (κ3) is 3.78. The van der Waals surface area contributed by atoms with Crippen LogP contribution in [0.5, 0.6) is 0 Å². The molecule has 0 N–H and O–H groups in total. The maximum absolute atomic E-state index is 14.8. The predicted molar refractivity (Wildman–Crippen MR) is 98.9 cm³/mol. The molecular weight excluding hydrogens is 389 g/mol. The fraction of sp³-hybridized carbons (Fsp3) is 0.333. The van der Waals surface area contributed by atoms with E-state index in [1.54, 1.807) is 18.3 Å². The molecule has 0 bridgehead atoms. The number of aromatic nitrogens is 1. The number of pyridine rings is 1. The number of nitrogens with zero attached hydrogens (tertiary/aromatic N) is 3. The van der Waals surface area contributed by atoms with E-state index in [1.165, 1.54) is 11.0 Å². The van der Waals surface area contributed by atoms with Crippen LogP contribution in [-0.4, -0.2) is 45.0 Å². The van der Waals surface area contributed by atoms with E-state index in [-0.39, 0.29) is 13.2 Å². The minimum Gasteiger partial charge on any atom is -0.441 e. The van der Waals surface area contributed by atoms with Crippen LogP contribution in [0.3, 0.4) is 0 Å². The molecule has 28 heavy (non-hydrogen) atoms. The Hall–Kier alpha value is -2.72. The second kappa shape index (κ2) is 7.02. The molecule has 0 radical (unpaired) electrons. The Morgan fingerprint density at radius 1 is 1.32 bits per heavy atom. The van der Waals surface area contributed by atoms with Gasteiger partial charge in [0.1, 0.15) is 18.5 Å². The second-order valence-corrected chi connectivity index (χ2v) is 8.35. The number of carbonyl (C=O) groups is 1. The highest BCUT2D eigenvalue weighted by Gasteiger charge is 2.34. The summed E-state index contributed by atoms with van der Waals surface area (Å²) in [7, 11) is -3.64. The van der Waals surface area contributed by atoms with Crippen LogP contribution in [0.25, 0.3) is 0 Å². The zero-order chi connectivity index (χ0) is 19.9. The van der Waals surface area contributed by atoms with Crippen LogP contribution in [0, 0.1) is 5.82 Å². The largest absolute Gasteiger partial charge is 0.441 e. The number of hydrogen-bond acceptors (Lipinski definition) is 7. The molecule has 10 heteroatoms. The van der Waals surface area contributed by atoms with Gasteiger partial charge in [0.2, 0.25) is 0 Å². The minimum absolute atomic E-state index is 0.0756. The van der Waals surface area contributed by atoms with Crippen molar-refractivity contribution >= 4 is 27.6 Å². The maximum atomic E-state index is 14.8. The highest BCUT2D eigenvalue weighted by Crippen LogP contribution is 2.32. The van der Waals surface area contributed by atoms with E-state index < -0.39 is 28.1 Å². The van der Waals surface area contributed by atoms with E-state index in [0.29, 0.717) is 24.5 Å². The highest BCUT2D eigenvalue weighted by atomic mass is 32.2. The number of carbonyl (C=O) groups excluding carboxylic acids is 1. The first-order chi connectivity index (χ1) is 13.3. The predicted octanol–water partition coefficient (Wildman–Crippen LogP) is 2.04. The second-order valence-electron chi connectivity index (χ2n) is 6.71. The van der Waals surface area contributed by atoms with Gasteiger partial charge in [-0.15, -0.1) is 0 Å². The summed E-state index contributed by atoms with van der Waals surface area (Å²) >= 11 is 0. The number of anilines is 2. The Labute approximate surface area is 161 Å². The lowest BCUT2D eigenvalue weighted by molar-refractivity contribution is 0.107. The Morgan fingerprint density at radius 3 is 2.86 bits per heavy atom. The van der Waals surface area contributed by atoms with Crippen LogP contribution in [-0.2, 0) is 32.1 Å². The Balaban J connectivity index is 1.47. The topological polar surface area (TPSA) is 89.0 Å². The molecule has 1 aromatic heterocycles. The summed E-state index contributed by atoms with van der Waals surface area (Å²) in [6.45, 7) is 0.881. The van der Waals surface area contributed by atoms with Gasteiger partial charge in [0.05, 0.1) is 36.4 Å². The quantitative estimate of drug-likeness (QED) is 0.701. The maximum Gasteiger partial charge on any atom is 0.414 e. The molecule has 0 aliphatic carbocycles. The first-order valence-electron chi connectivity index (χ1n) is 8.60. The summed E-state index contributed by atoms with van der Waals surface area (Å²) in [5, 5.41) is 0. The van der Waals surface area contributed by atoms with Gasteiger partial charge in [-0.1, -0.05) is 6.07 Å². The van der Waals surface area contributed by atoms with Gasteiger partial charge in [-0.25, -0.2) is 9.18 Å². The zero-order valence-electron chi connectivity index (χ0n) is 15.0. The summed E-state index contributed by atoms with van der Waals surface area (Å²) in [6.07, 6.45) is 1.21. The number of cyclic esters (lactones) is 1. The minimum atomic E-state index is -3.64. The SMILES string of the molecule is CS(=O)(=O)OC[C@H]1CN(c2ccc(N3Cc4cccnc4C3)c(F)c2)C(=O)O1. The van der Waals surface area contributed by atoms with Crippen LogP contribution in [0.15, 0.2) is 36.5 Å². The molecule has 2 aromatic rings. The third-order valence-corrected chi connectivity index (χ3v) is 5.18. The van der Waals surface area contributed by atoms with Gasteiger partial charge >= 0.3 is 6.09 Å². The molecule has 4 rings (SSSR count). The van der Waals surface area contributed by atoms with Crippen LogP contribution in [0.2, 0.25) is 0 Å². The molecule has 1 atom stereocenters. The molecule has 2 aliphatic heterocycles. The number of fused-ring (bicyclic) bond motifs is 1. The number of halogens is 1. The van der Waals surface area contributed by atoms with Crippen molar-refractivity contribution in [3.8, 4) is 0 Å². The molecule has 1 amide bonds. The van der Waals surface area contributed by atoms with E-state index in [1.807, 2.05) is 17.0 Å². The van der Waals surface area contributed by atoms with Crippen LogP contribution >= 0.6 is 0 Å². The van der Waals surface area contributed by atoms with Crippen LogP contribution < -0.4 is 9.80 Å². The molecule has 148 valence electrons. The van der Waals surface area contributed by atoms with Crippen molar-refractivity contribution in [3.05, 3.63) is 53.6 Å². The van der Waals surface area contributed by atoms with Crippen LogP contribution in [0.1, 0.15) is 11.3 Å². The van der Waals surface area contributed by atoms with E-state index >= 15 is 0 Å². The molecule has 1 saturated heterocycles. The highest BCUT2D eigenvalue weighted by molar-refractivity contribution is 7.85. The molecule has 0 saturated carbocycles. The average Bonchev–Trinajstić information content (AvgIpc) is 3.22. The van der Waals surface area contributed by atoms with Crippen molar-refractivity contribution in [1.82, 2.24) is 4.98 Å². The summed E-state index contributed by atoms with van der Waals surface area (Å²) in [5.41, 5.74) is 2.74. The van der Waals surface area contributed by atoms with E-state index in [4.69, 9.17) is 4.74 Å². The fourth-order valence-electron chi connectivity index (χ4n) is 3.31. The summed E-state index contributed by atoms with van der Waals surface area (Å²) in [5.74, 6) is -0.464. The van der Waals surface area contributed by atoms with Crippen molar-refractivity contribution in [1.29, 1.82) is 0 Å². The number of hydrogen-bond donors (Lipinski definition) is 0. The molecule has 1 aromatic carbocycles. The van der Waals surface area contributed by atoms with Gasteiger partial charge in [-0.3, -0.25) is 14.1 Å². The number of ether oxygens (including phenoxy) is 1. The summed E-state index contributed by atoms with van der Waals surface area (Å²) in [6, 6.07) is 8.34. The summed E-state index contributed by atoms with van der Waals surface area (Å²) in [4.78, 5) is 19.5. The molecular formula is C18H18FN3O5S. The number of amides is 1. The van der Waals surface area contributed by atoms with Crippen molar-refractivity contribution in [2.75, 3.05) is 29.2 Å². The molecule has 1 fully saturated rings.